The van der Waals surface area contributed by atoms with Gasteiger partial charge in [0.05, 0.1) is 0 Å². The van der Waals surface area contributed by atoms with E-state index in [1.54, 1.807) is 0 Å². The van der Waals surface area contributed by atoms with Gasteiger partial charge in [-0.3, -0.25) is 4.90 Å². The summed E-state index contributed by atoms with van der Waals surface area (Å²) in [7, 11) is 2.07. The molecule has 0 bridgehead atoms. The SMILES string of the molecule is CCN(CC)c1ncc(CN2CCCC(NC)C2)s1.Cl. The molecule has 1 N–H and O–H groups in total. The first kappa shape index (κ1) is 17.7. The maximum absolute atomic E-state index is 4.57. The van der Waals surface area contributed by atoms with Crippen molar-refractivity contribution in [3.05, 3.63) is 11.1 Å². The summed E-state index contributed by atoms with van der Waals surface area (Å²) in [6.45, 7) is 9.88. The van der Waals surface area contributed by atoms with Crippen LogP contribution in [-0.2, 0) is 6.54 Å². The van der Waals surface area contributed by atoms with Crippen LogP contribution in [0.25, 0.3) is 0 Å². The van der Waals surface area contributed by atoms with E-state index in [1.165, 1.54) is 29.4 Å². The Bertz CT molecular complexity index is 381. The molecule has 1 aromatic rings. The van der Waals surface area contributed by atoms with Crippen molar-refractivity contribution in [2.45, 2.75) is 39.3 Å². The topological polar surface area (TPSA) is 31.4 Å². The fourth-order valence-electron chi connectivity index (χ4n) is 2.67. The monoisotopic (exact) mass is 318 g/mol. The van der Waals surface area contributed by atoms with Crippen molar-refractivity contribution in [2.75, 3.05) is 38.1 Å². The molecule has 0 saturated carbocycles. The molecule has 1 unspecified atom stereocenters. The highest BCUT2D eigenvalue weighted by Gasteiger charge is 2.19. The number of hydrogen-bond donors (Lipinski definition) is 1. The van der Waals surface area contributed by atoms with Crippen molar-refractivity contribution < 1.29 is 0 Å². The summed E-state index contributed by atoms with van der Waals surface area (Å²) >= 11 is 1.85. The zero-order valence-electron chi connectivity index (χ0n) is 12.8. The summed E-state index contributed by atoms with van der Waals surface area (Å²) in [6, 6.07) is 0.656. The molecule has 1 aliphatic heterocycles. The highest BCUT2D eigenvalue weighted by molar-refractivity contribution is 7.15. The minimum atomic E-state index is 0. The molecule has 1 aliphatic rings. The predicted molar refractivity (Wildman–Crippen MR) is 90.3 cm³/mol. The average Bonchev–Trinajstić information content (AvgIpc) is 2.89. The van der Waals surface area contributed by atoms with Gasteiger partial charge in [0.15, 0.2) is 5.13 Å². The van der Waals surface area contributed by atoms with Crippen LogP contribution >= 0.6 is 23.7 Å². The Morgan fingerprint density at radius 1 is 1.45 bits per heavy atom. The number of hydrogen-bond acceptors (Lipinski definition) is 5. The Balaban J connectivity index is 0.00000200. The van der Waals surface area contributed by atoms with E-state index >= 15 is 0 Å². The first-order chi connectivity index (χ1) is 9.26. The fourth-order valence-corrected chi connectivity index (χ4v) is 3.75. The van der Waals surface area contributed by atoms with Crippen LogP contribution in [0.2, 0.25) is 0 Å². The zero-order chi connectivity index (χ0) is 13.7. The van der Waals surface area contributed by atoms with Crippen molar-refractivity contribution >= 4 is 28.9 Å². The first-order valence-electron chi connectivity index (χ1n) is 7.36. The molecule has 2 heterocycles. The van der Waals surface area contributed by atoms with Gasteiger partial charge in [-0.2, -0.15) is 0 Å². The molecule has 116 valence electrons. The number of aromatic nitrogens is 1. The number of likely N-dealkylation sites (tertiary alicyclic amines) is 1. The van der Waals surface area contributed by atoms with Crippen LogP contribution in [0.15, 0.2) is 6.20 Å². The maximum Gasteiger partial charge on any atom is 0.185 e. The van der Waals surface area contributed by atoms with Crippen molar-refractivity contribution in [1.82, 2.24) is 15.2 Å². The van der Waals surface area contributed by atoms with Gasteiger partial charge in [-0.05, 0) is 40.3 Å². The molecule has 0 aromatic carbocycles. The van der Waals surface area contributed by atoms with Crippen LogP contribution in [0.1, 0.15) is 31.6 Å². The van der Waals surface area contributed by atoms with Gasteiger partial charge in [-0.15, -0.1) is 23.7 Å². The van der Waals surface area contributed by atoms with E-state index in [-0.39, 0.29) is 12.4 Å². The summed E-state index contributed by atoms with van der Waals surface area (Å²) in [5, 5.41) is 4.57. The third-order valence-corrected chi connectivity index (χ3v) is 4.91. The largest absolute Gasteiger partial charge is 0.349 e. The lowest BCUT2D eigenvalue weighted by Gasteiger charge is -2.32. The Morgan fingerprint density at radius 2 is 2.20 bits per heavy atom. The van der Waals surface area contributed by atoms with E-state index in [0.29, 0.717) is 6.04 Å². The molecule has 20 heavy (non-hydrogen) atoms. The number of halogens is 1. The minimum Gasteiger partial charge on any atom is -0.349 e. The number of nitrogens with one attached hydrogen (secondary N) is 1. The van der Waals surface area contributed by atoms with Gasteiger partial charge >= 0.3 is 0 Å². The van der Waals surface area contributed by atoms with Crippen LogP contribution in [0, 0.1) is 0 Å². The van der Waals surface area contributed by atoms with Gasteiger partial charge in [0, 0.05) is 43.3 Å². The van der Waals surface area contributed by atoms with Crippen molar-refractivity contribution in [1.29, 1.82) is 0 Å². The maximum atomic E-state index is 4.57. The first-order valence-corrected chi connectivity index (χ1v) is 8.17. The second kappa shape index (κ2) is 8.82. The normalized spacial score (nSPS) is 19.6. The molecule has 0 radical (unpaired) electrons. The molecule has 6 heteroatoms. The van der Waals surface area contributed by atoms with Crippen molar-refractivity contribution in [3.63, 3.8) is 0 Å². The molecule has 4 nitrogen and oxygen atoms in total. The lowest BCUT2D eigenvalue weighted by Crippen LogP contribution is -2.43. The van der Waals surface area contributed by atoms with Crippen molar-refractivity contribution in [3.8, 4) is 0 Å². The third-order valence-electron chi connectivity index (χ3n) is 3.87. The fraction of sp³-hybridized carbons (Fsp3) is 0.786. The number of likely N-dealkylation sites (N-methyl/N-ethyl adjacent to an activating group) is 1. The van der Waals surface area contributed by atoms with Crippen molar-refractivity contribution in [2.24, 2.45) is 0 Å². The number of thiazole rings is 1. The summed E-state index contributed by atoms with van der Waals surface area (Å²) in [5.74, 6) is 0. The van der Waals surface area contributed by atoms with E-state index in [9.17, 15) is 0 Å². The van der Waals surface area contributed by atoms with E-state index in [4.69, 9.17) is 0 Å². The molecule has 0 spiro atoms. The average molecular weight is 319 g/mol. The Labute approximate surface area is 133 Å². The summed E-state index contributed by atoms with van der Waals surface area (Å²) < 4.78 is 0. The Morgan fingerprint density at radius 3 is 2.85 bits per heavy atom. The quantitative estimate of drug-likeness (QED) is 0.873. The van der Waals surface area contributed by atoms with Gasteiger partial charge in [0.25, 0.3) is 0 Å². The molecule has 1 aromatic heterocycles. The molecule has 1 saturated heterocycles. The molecule has 0 amide bonds. The second-order valence-corrected chi connectivity index (χ2v) is 6.24. The van der Waals surface area contributed by atoms with E-state index < -0.39 is 0 Å². The van der Waals surface area contributed by atoms with Gasteiger partial charge in [0.2, 0.25) is 0 Å². The van der Waals surface area contributed by atoms with Crippen LogP contribution in [0.5, 0.6) is 0 Å². The number of nitrogens with zero attached hydrogens (tertiary/aromatic N) is 3. The molecule has 1 fully saturated rings. The molecular formula is C14H27ClN4S. The van der Waals surface area contributed by atoms with Gasteiger partial charge in [-0.25, -0.2) is 4.98 Å². The highest BCUT2D eigenvalue weighted by atomic mass is 35.5. The van der Waals surface area contributed by atoms with E-state index in [1.807, 2.05) is 11.3 Å². The number of piperidine rings is 1. The summed E-state index contributed by atoms with van der Waals surface area (Å²) in [5.41, 5.74) is 0. The lowest BCUT2D eigenvalue weighted by atomic mass is 10.1. The van der Waals surface area contributed by atoms with Gasteiger partial charge in [-0.1, -0.05) is 0 Å². The summed E-state index contributed by atoms with van der Waals surface area (Å²) in [4.78, 5) is 10.8. The van der Waals surface area contributed by atoms with Crippen LogP contribution in [0.3, 0.4) is 0 Å². The Kier molecular flexibility index (Phi) is 7.80. The van der Waals surface area contributed by atoms with E-state index in [2.05, 4.69) is 47.2 Å². The lowest BCUT2D eigenvalue weighted by molar-refractivity contribution is 0.189. The Hall–Kier alpha value is -0.360. The van der Waals surface area contributed by atoms with Crippen LogP contribution in [-0.4, -0.2) is 49.2 Å². The molecule has 1 atom stereocenters. The predicted octanol–water partition coefficient (Wildman–Crippen LogP) is 2.59. The zero-order valence-corrected chi connectivity index (χ0v) is 14.4. The van der Waals surface area contributed by atoms with Gasteiger partial charge < -0.3 is 10.2 Å². The molecule has 2 rings (SSSR count). The van der Waals surface area contributed by atoms with Crippen LogP contribution < -0.4 is 10.2 Å². The second-order valence-electron chi connectivity index (χ2n) is 5.14. The smallest absolute Gasteiger partial charge is 0.185 e. The van der Waals surface area contributed by atoms with Gasteiger partial charge in [0.1, 0.15) is 0 Å². The molecular weight excluding hydrogens is 292 g/mol. The van der Waals surface area contributed by atoms with E-state index in [0.717, 1.165) is 26.2 Å². The molecule has 0 aliphatic carbocycles. The number of rotatable bonds is 6. The highest BCUT2D eigenvalue weighted by Crippen LogP contribution is 2.24. The number of anilines is 1. The third kappa shape index (κ3) is 4.58. The standard InChI is InChI=1S/C14H26N4S.ClH/c1-4-18(5-2)14-16-9-13(19-14)11-17-8-6-7-12(10-17)15-3;/h9,12,15H,4-8,10-11H2,1-3H3;1H. The minimum absolute atomic E-state index is 0. The van der Waals surface area contributed by atoms with Crippen LogP contribution in [0.4, 0.5) is 5.13 Å². The summed E-state index contributed by atoms with van der Waals surface area (Å²) in [6.07, 6.45) is 4.66.